The average molecular weight is 309 g/mol. The highest BCUT2D eigenvalue weighted by atomic mass is 32.2. The summed E-state index contributed by atoms with van der Waals surface area (Å²) >= 11 is 0. The molecule has 0 rings (SSSR count). The van der Waals surface area contributed by atoms with Gasteiger partial charge in [-0.2, -0.15) is 0 Å². The van der Waals surface area contributed by atoms with E-state index in [9.17, 15) is 8.42 Å². The lowest BCUT2D eigenvalue weighted by molar-refractivity contribution is 0.562. The van der Waals surface area contributed by atoms with E-state index >= 15 is 0 Å². The number of hydrogen-bond donors (Lipinski definition) is 0. The number of hydrogen-bond acceptors (Lipinski definition) is 2. The first kappa shape index (κ1) is 19.2. The Balaban J connectivity index is 3.32. The SMILES string of the molecule is CCCCCCCCCCCCS(=O)C=S(C)(C)=O. The van der Waals surface area contributed by atoms with Crippen LogP contribution in [0.15, 0.2) is 0 Å². The van der Waals surface area contributed by atoms with Crippen molar-refractivity contribution in [3.05, 3.63) is 0 Å². The first-order valence-electron chi connectivity index (χ1n) is 7.62. The molecular weight excluding hydrogens is 276 g/mol. The summed E-state index contributed by atoms with van der Waals surface area (Å²) < 4.78 is 24.5. The van der Waals surface area contributed by atoms with Crippen molar-refractivity contribution in [2.75, 3.05) is 18.3 Å². The lowest BCUT2D eigenvalue weighted by Crippen LogP contribution is -2.06. The highest BCUT2D eigenvalue weighted by Gasteiger charge is 1.99. The van der Waals surface area contributed by atoms with Crippen LogP contribution in [0.3, 0.4) is 0 Å². The summed E-state index contributed by atoms with van der Waals surface area (Å²) in [6.45, 7) is 2.25. The van der Waals surface area contributed by atoms with Crippen molar-refractivity contribution in [1.82, 2.24) is 0 Å². The second-order valence-electron chi connectivity index (χ2n) is 5.67. The molecule has 0 amide bonds. The van der Waals surface area contributed by atoms with Gasteiger partial charge in [-0.1, -0.05) is 64.7 Å². The second-order valence-corrected chi connectivity index (χ2v) is 10.2. The van der Waals surface area contributed by atoms with Crippen LogP contribution in [0, 0.1) is 0 Å². The Labute approximate surface area is 123 Å². The average Bonchev–Trinajstić information content (AvgIpc) is 2.29. The Hall–Kier alpha value is 0.170. The fraction of sp³-hybridized carbons (Fsp3) is 0.933. The predicted octanol–water partition coefficient (Wildman–Crippen LogP) is 3.96. The van der Waals surface area contributed by atoms with Crippen LogP contribution in [0.2, 0.25) is 0 Å². The maximum Gasteiger partial charge on any atom is 0.0546 e. The molecule has 0 radical (unpaired) electrons. The number of unbranched alkanes of at least 4 members (excludes halogenated alkanes) is 9. The molecule has 0 N–H and O–H groups in total. The second kappa shape index (κ2) is 12.0. The van der Waals surface area contributed by atoms with Crippen LogP contribution < -0.4 is 0 Å². The van der Waals surface area contributed by atoms with Crippen LogP contribution in [-0.2, 0) is 20.3 Å². The molecular formula is C15H32O2S2. The molecule has 116 valence electrons. The van der Waals surface area contributed by atoms with Gasteiger partial charge in [0.15, 0.2) is 0 Å². The summed E-state index contributed by atoms with van der Waals surface area (Å²) in [7, 11) is -2.96. The molecule has 0 fully saturated rings. The van der Waals surface area contributed by atoms with Crippen LogP contribution in [0.1, 0.15) is 71.1 Å². The molecule has 0 aromatic carbocycles. The summed E-state index contributed by atoms with van der Waals surface area (Å²) in [5.74, 6) is 0.676. The maximum atomic E-state index is 11.6. The molecule has 1 unspecified atom stereocenters. The van der Waals surface area contributed by atoms with Crippen molar-refractivity contribution in [2.45, 2.75) is 71.1 Å². The summed E-state index contributed by atoms with van der Waals surface area (Å²) in [6.07, 6.45) is 16.2. The van der Waals surface area contributed by atoms with Crippen molar-refractivity contribution < 1.29 is 8.42 Å². The molecule has 4 heteroatoms. The van der Waals surface area contributed by atoms with Crippen LogP contribution in [-0.4, -0.2) is 31.4 Å². The van der Waals surface area contributed by atoms with Gasteiger partial charge < -0.3 is 0 Å². The Morgan fingerprint density at radius 1 is 0.842 bits per heavy atom. The van der Waals surface area contributed by atoms with Crippen LogP contribution in [0.25, 0.3) is 0 Å². The van der Waals surface area contributed by atoms with Gasteiger partial charge in [0.05, 0.1) is 15.5 Å². The first-order chi connectivity index (χ1) is 8.95. The zero-order valence-corrected chi connectivity index (χ0v) is 14.6. The quantitative estimate of drug-likeness (QED) is 0.404. The van der Waals surface area contributed by atoms with Crippen molar-refractivity contribution in [3.63, 3.8) is 0 Å². The van der Waals surface area contributed by atoms with Crippen molar-refractivity contribution in [1.29, 1.82) is 0 Å². The summed E-state index contributed by atoms with van der Waals surface area (Å²) in [5, 5.41) is 0. The molecule has 0 aliphatic heterocycles. The minimum atomic E-state index is -1.96. The molecule has 0 saturated carbocycles. The van der Waals surface area contributed by atoms with Crippen LogP contribution in [0.5, 0.6) is 0 Å². The van der Waals surface area contributed by atoms with Gasteiger partial charge in [-0.25, -0.2) is 0 Å². The van der Waals surface area contributed by atoms with Crippen molar-refractivity contribution in [2.24, 2.45) is 0 Å². The molecule has 0 aliphatic rings. The van der Waals surface area contributed by atoms with E-state index in [1.807, 2.05) is 0 Å². The van der Waals surface area contributed by atoms with E-state index in [-0.39, 0.29) is 0 Å². The lowest BCUT2D eigenvalue weighted by Gasteiger charge is -2.02. The van der Waals surface area contributed by atoms with Crippen LogP contribution in [0.4, 0.5) is 0 Å². The Kier molecular flexibility index (Phi) is 12.1. The minimum Gasteiger partial charge on any atom is -0.267 e. The number of rotatable bonds is 12. The van der Waals surface area contributed by atoms with E-state index < -0.39 is 20.3 Å². The van der Waals surface area contributed by atoms with Gasteiger partial charge in [0, 0.05) is 18.3 Å². The molecule has 0 bridgehead atoms. The highest BCUT2D eigenvalue weighted by Crippen LogP contribution is 2.10. The fourth-order valence-electron chi connectivity index (χ4n) is 2.04. The van der Waals surface area contributed by atoms with Crippen molar-refractivity contribution >= 4 is 25.0 Å². The third-order valence-corrected chi connectivity index (χ3v) is 6.44. The van der Waals surface area contributed by atoms with Gasteiger partial charge in [-0.15, -0.1) is 0 Å². The molecule has 19 heavy (non-hydrogen) atoms. The summed E-state index contributed by atoms with van der Waals surface area (Å²) in [6, 6.07) is 0. The molecule has 0 heterocycles. The van der Waals surface area contributed by atoms with E-state index in [1.165, 1.54) is 56.1 Å². The molecule has 0 aliphatic carbocycles. The zero-order valence-electron chi connectivity index (χ0n) is 13.0. The van der Waals surface area contributed by atoms with E-state index in [0.717, 1.165) is 12.8 Å². The van der Waals surface area contributed by atoms with E-state index in [0.29, 0.717) is 5.75 Å². The van der Waals surface area contributed by atoms with Crippen LogP contribution >= 0.6 is 0 Å². The summed E-state index contributed by atoms with van der Waals surface area (Å²) in [4.78, 5) is 0. The molecule has 2 nitrogen and oxygen atoms in total. The Morgan fingerprint density at radius 3 is 1.68 bits per heavy atom. The smallest absolute Gasteiger partial charge is 0.0546 e. The van der Waals surface area contributed by atoms with Gasteiger partial charge in [-0.05, 0) is 15.9 Å². The first-order valence-corrected chi connectivity index (χ1v) is 11.4. The van der Waals surface area contributed by atoms with Crippen molar-refractivity contribution in [3.8, 4) is 0 Å². The highest BCUT2D eigenvalue weighted by molar-refractivity contribution is 8.18. The molecule has 0 saturated heterocycles. The van der Waals surface area contributed by atoms with Gasteiger partial charge in [-0.3, -0.25) is 8.42 Å². The molecule has 0 aromatic heterocycles. The summed E-state index contributed by atoms with van der Waals surface area (Å²) in [5.41, 5.74) is 0. The Bertz CT molecular complexity index is 334. The van der Waals surface area contributed by atoms with E-state index in [4.69, 9.17) is 0 Å². The third-order valence-electron chi connectivity index (χ3n) is 3.04. The Morgan fingerprint density at radius 2 is 1.26 bits per heavy atom. The van der Waals surface area contributed by atoms with Gasteiger partial charge in [0.2, 0.25) is 0 Å². The molecule has 1 atom stereocenters. The van der Waals surface area contributed by atoms with E-state index in [1.54, 1.807) is 12.5 Å². The largest absolute Gasteiger partial charge is 0.267 e. The monoisotopic (exact) mass is 308 g/mol. The standard InChI is InChI=1S/C15H32O2S2/c1-4-5-6-7-8-9-10-11-12-13-14-18(16)15-19(2,3)17/h15H,4-14H2,1-3H3. The normalized spacial score (nSPS) is 13.4. The third kappa shape index (κ3) is 16.1. The minimum absolute atomic E-state index is 0.676. The van der Waals surface area contributed by atoms with Gasteiger partial charge in [0.25, 0.3) is 0 Å². The van der Waals surface area contributed by atoms with E-state index in [2.05, 4.69) is 6.92 Å². The van der Waals surface area contributed by atoms with Gasteiger partial charge >= 0.3 is 0 Å². The topological polar surface area (TPSA) is 34.1 Å². The fourth-order valence-corrected chi connectivity index (χ4v) is 4.98. The van der Waals surface area contributed by atoms with Gasteiger partial charge in [0.1, 0.15) is 0 Å². The maximum absolute atomic E-state index is 11.6. The molecule has 0 spiro atoms. The lowest BCUT2D eigenvalue weighted by atomic mass is 10.1. The predicted molar refractivity (Wildman–Crippen MR) is 90.9 cm³/mol. The zero-order chi connectivity index (χ0) is 14.6. The molecule has 0 aromatic rings.